The topological polar surface area (TPSA) is 59.3 Å². The lowest BCUT2D eigenvalue weighted by atomic mass is 10.1. The van der Waals surface area contributed by atoms with Crippen LogP contribution in [0, 0.1) is 6.92 Å². The van der Waals surface area contributed by atoms with Crippen molar-refractivity contribution in [1.29, 1.82) is 0 Å². The molecular formula is C14H15NO3. The van der Waals surface area contributed by atoms with Crippen molar-refractivity contribution in [1.82, 2.24) is 4.57 Å². The molecule has 1 N–H and O–H groups in total. The normalized spacial score (nSPS) is 11.1. The largest absolute Gasteiger partial charge is 0.477 e. The number of aromatic carboxylic acids is 1. The lowest BCUT2D eigenvalue weighted by Crippen LogP contribution is -2.27. The van der Waals surface area contributed by atoms with Gasteiger partial charge in [0.05, 0.1) is 0 Å². The third-order valence-electron chi connectivity index (χ3n) is 2.94. The Kier molecular flexibility index (Phi) is 2.95. The molecule has 0 spiro atoms. The van der Waals surface area contributed by atoms with E-state index in [0.717, 1.165) is 5.56 Å². The number of aryl methyl sites for hydroxylation is 1. The fourth-order valence-electron chi connectivity index (χ4n) is 2.13. The summed E-state index contributed by atoms with van der Waals surface area (Å²) < 4.78 is 1.32. The van der Waals surface area contributed by atoms with E-state index in [0.29, 0.717) is 10.8 Å². The molecule has 2 aromatic rings. The number of carboxylic acid groups (broad SMARTS) is 1. The van der Waals surface area contributed by atoms with E-state index < -0.39 is 5.97 Å². The zero-order valence-electron chi connectivity index (χ0n) is 10.6. The number of hydrogen-bond acceptors (Lipinski definition) is 2. The van der Waals surface area contributed by atoms with Crippen LogP contribution in [0.1, 0.15) is 35.9 Å². The minimum Gasteiger partial charge on any atom is -0.477 e. The van der Waals surface area contributed by atoms with Gasteiger partial charge in [-0.05, 0) is 38.3 Å². The van der Waals surface area contributed by atoms with Gasteiger partial charge >= 0.3 is 5.97 Å². The number of aromatic nitrogens is 1. The molecule has 1 aromatic carbocycles. The second kappa shape index (κ2) is 4.29. The average molecular weight is 245 g/mol. The minimum atomic E-state index is -1.08. The molecule has 0 amide bonds. The van der Waals surface area contributed by atoms with Gasteiger partial charge in [-0.3, -0.25) is 9.36 Å². The SMILES string of the molecule is Cc1ccc2c(=O)n(C(C)C)c(C(=O)O)cc2c1. The first-order valence-electron chi connectivity index (χ1n) is 5.81. The average Bonchev–Trinajstić information content (AvgIpc) is 2.27. The third kappa shape index (κ3) is 1.90. The molecule has 0 saturated carbocycles. The number of fused-ring (bicyclic) bond motifs is 1. The molecule has 0 aliphatic heterocycles. The van der Waals surface area contributed by atoms with Crippen LogP contribution in [0.25, 0.3) is 10.8 Å². The van der Waals surface area contributed by atoms with Crippen molar-refractivity contribution in [3.8, 4) is 0 Å². The first kappa shape index (κ1) is 12.4. The summed E-state index contributed by atoms with van der Waals surface area (Å²) in [6.07, 6.45) is 0. The Morgan fingerprint density at radius 3 is 2.50 bits per heavy atom. The molecule has 0 aliphatic rings. The molecule has 0 aliphatic carbocycles. The molecule has 0 fully saturated rings. The van der Waals surface area contributed by atoms with Gasteiger partial charge in [-0.25, -0.2) is 4.79 Å². The molecule has 1 heterocycles. The van der Waals surface area contributed by atoms with Crippen LogP contribution in [0.3, 0.4) is 0 Å². The Hall–Kier alpha value is -2.10. The molecule has 4 heteroatoms. The summed E-state index contributed by atoms with van der Waals surface area (Å²) in [4.78, 5) is 23.6. The van der Waals surface area contributed by atoms with Gasteiger partial charge in [0.1, 0.15) is 5.69 Å². The smallest absolute Gasteiger partial charge is 0.352 e. The summed E-state index contributed by atoms with van der Waals surface area (Å²) in [6, 6.07) is 6.81. The summed E-state index contributed by atoms with van der Waals surface area (Å²) in [6.45, 7) is 5.51. The molecule has 2 rings (SSSR count). The Balaban J connectivity index is 2.94. The molecule has 94 valence electrons. The number of carboxylic acids is 1. The fraction of sp³-hybridized carbons (Fsp3) is 0.286. The van der Waals surface area contributed by atoms with Crippen molar-refractivity contribution in [2.45, 2.75) is 26.8 Å². The van der Waals surface area contributed by atoms with Crippen LogP contribution >= 0.6 is 0 Å². The molecule has 4 nitrogen and oxygen atoms in total. The van der Waals surface area contributed by atoms with Gasteiger partial charge in [-0.1, -0.05) is 17.7 Å². The van der Waals surface area contributed by atoms with Gasteiger partial charge in [0.2, 0.25) is 0 Å². The van der Waals surface area contributed by atoms with Crippen molar-refractivity contribution in [2.75, 3.05) is 0 Å². The predicted octanol–water partition coefficient (Wildman–Crippen LogP) is 2.59. The first-order chi connectivity index (χ1) is 8.41. The van der Waals surface area contributed by atoms with Gasteiger partial charge < -0.3 is 5.11 Å². The highest BCUT2D eigenvalue weighted by atomic mass is 16.4. The van der Waals surface area contributed by atoms with Gasteiger partial charge in [-0.2, -0.15) is 0 Å². The summed E-state index contributed by atoms with van der Waals surface area (Å²) in [5.74, 6) is -1.08. The number of carbonyl (C=O) groups is 1. The third-order valence-corrected chi connectivity index (χ3v) is 2.94. The zero-order valence-corrected chi connectivity index (χ0v) is 10.6. The Bertz CT molecular complexity index is 683. The summed E-state index contributed by atoms with van der Waals surface area (Å²) >= 11 is 0. The minimum absolute atomic E-state index is 0.0353. The van der Waals surface area contributed by atoms with Crippen molar-refractivity contribution < 1.29 is 9.90 Å². The number of hydrogen-bond donors (Lipinski definition) is 1. The predicted molar refractivity (Wildman–Crippen MR) is 70.3 cm³/mol. The highest BCUT2D eigenvalue weighted by Crippen LogP contribution is 2.17. The maximum absolute atomic E-state index is 12.3. The maximum atomic E-state index is 12.3. The van der Waals surface area contributed by atoms with Crippen LogP contribution in [-0.2, 0) is 0 Å². The maximum Gasteiger partial charge on any atom is 0.352 e. The number of rotatable bonds is 2. The van der Waals surface area contributed by atoms with Crippen molar-refractivity contribution in [3.63, 3.8) is 0 Å². The number of pyridine rings is 1. The van der Waals surface area contributed by atoms with Gasteiger partial charge in [0, 0.05) is 11.4 Å². The molecule has 0 saturated heterocycles. The van der Waals surface area contributed by atoms with Crippen LogP contribution in [0.2, 0.25) is 0 Å². The van der Waals surface area contributed by atoms with Crippen LogP contribution in [0.15, 0.2) is 29.1 Å². The standard InChI is InChI=1S/C14H15NO3/c1-8(2)15-12(14(17)18)7-10-6-9(3)4-5-11(10)13(15)16/h4-8H,1-3H3,(H,17,18). The van der Waals surface area contributed by atoms with E-state index in [2.05, 4.69) is 0 Å². The Morgan fingerprint density at radius 2 is 1.94 bits per heavy atom. The monoisotopic (exact) mass is 245 g/mol. The molecule has 0 atom stereocenters. The van der Waals surface area contributed by atoms with Crippen molar-refractivity contribution in [2.24, 2.45) is 0 Å². The summed E-state index contributed by atoms with van der Waals surface area (Å²) in [5.41, 5.74) is 0.786. The van der Waals surface area contributed by atoms with E-state index in [1.165, 1.54) is 4.57 Å². The van der Waals surface area contributed by atoms with E-state index in [-0.39, 0.29) is 17.3 Å². The lowest BCUT2D eigenvalue weighted by molar-refractivity contribution is 0.0682. The van der Waals surface area contributed by atoms with E-state index in [1.807, 2.05) is 19.1 Å². The fourth-order valence-corrected chi connectivity index (χ4v) is 2.13. The van der Waals surface area contributed by atoms with Crippen LogP contribution in [0.4, 0.5) is 0 Å². The van der Waals surface area contributed by atoms with E-state index in [1.54, 1.807) is 26.0 Å². The van der Waals surface area contributed by atoms with E-state index >= 15 is 0 Å². The molecule has 18 heavy (non-hydrogen) atoms. The van der Waals surface area contributed by atoms with E-state index in [4.69, 9.17) is 0 Å². The highest BCUT2D eigenvalue weighted by molar-refractivity contribution is 5.92. The molecule has 0 radical (unpaired) electrons. The number of nitrogens with zero attached hydrogens (tertiary/aromatic N) is 1. The van der Waals surface area contributed by atoms with Crippen LogP contribution in [0.5, 0.6) is 0 Å². The quantitative estimate of drug-likeness (QED) is 0.884. The second-order valence-electron chi connectivity index (χ2n) is 4.69. The molecule has 0 bridgehead atoms. The first-order valence-corrected chi connectivity index (χ1v) is 5.81. The van der Waals surface area contributed by atoms with Gasteiger partial charge in [0.15, 0.2) is 0 Å². The van der Waals surface area contributed by atoms with Crippen molar-refractivity contribution >= 4 is 16.7 Å². The van der Waals surface area contributed by atoms with E-state index in [9.17, 15) is 14.7 Å². The molecule has 1 aromatic heterocycles. The van der Waals surface area contributed by atoms with Gasteiger partial charge in [0.25, 0.3) is 5.56 Å². The van der Waals surface area contributed by atoms with Crippen molar-refractivity contribution in [3.05, 3.63) is 45.9 Å². The van der Waals surface area contributed by atoms with Gasteiger partial charge in [-0.15, -0.1) is 0 Å². The lowest BCUT2D eigenvalue weighted by Gasteiger charge is -2.15. The number of benzene rings is 1. The zero-order chi connectivity index (χ0) is 13.4. The Morgan fingerprint density at radius 1 is 1.28 bits per heavy atom. The second-order valence-corrected chi connectivity index (χ2v) is 4.69. The Labute approximate surface area is 104 Å². The molecule has 0 unspecified atom stereocenters. The summed E-state index contributed by atoms with van der Waals surface area (Å²) in [5, 5.41) is 10.4. The van der Waals surface area contributed by atoms with Crippen LogP contribution < -0.4 is 5.56 Å². The van der Waals surface area contributed by atoms with Crippen LogP contribution in [-0.4, -0.2) is 15.6 Å². The highest BCUT2D eigenvalue weighted by Gasteiger charge is 2.16. The summed E-state index contributed by atoms with van der Waals surface area (Å²) in [7, 11) is 0. The molecular weight excluding hydrogens is 230 g/mol.